The van der Waals surface area contributed by atoms with Crippen molar-refractivity contribution >= 4 is 29.2 Å². The number of benzene rings is 2. The van der Waals surface area contributed by atoms with Gasteiger partial charge >= 0.3 is 5.97 Å². The minimum Gasteiger partial charge on any atom is -0.495 e. The van der Waals surface area contributed by atoms with Crippen LogP contribution in [-0.4, -0.2) is 31.7 Å². The van der Waals surface area contributed by atoms with Crippen molar-refractivity contribution in [1.82, 2.24) is 0 Å². The lowest BCUT2D eigenvalue weighted by atomic mass is 10.2. The van der Waals surface area contributed by atoms with E-state index in [4.69, 9.17) is 25.8 Å². The number of anilines is 1. The molecule has 0 aliphatic rings. The molecule has 0 aliphatic carbocycles. The van der Waals surface area contributed by atoms with Crippen molar-refractivity contribution < 1.29 is 28.2 Å². The summed E-state index contributed by atoms with van der Waals surface area (Å²) in [5.74, 6) is -1.19. The normalized spacial score (nSPS) is 11.4. The summed E-state index contributed by atoms with van der Waals surface area (Å²) in [6.07, 6.45) is -1.06. The Hall–Kier alpha value is -2.80. The standard InChI is InChI=1S/C19H19ClFNO5/c1-11-4-6-17(25-3)15(8-11)22-19(24)12(2)27-18(23)10-26-16-7-5-13(21)9-14(16)20/h4-9,12H,10H2,1-3H3,(H,22,24)/t12-/m1/s1. The lowest BCUT2D eigenvalue weighted by Crippen LogP contribution is -2.31. The smallest absolute Gasteiger partial charge is 0.344 e. The first-order valence-electron chi connectivity index (χ1n) is 8.03. The second kappa shape index (κ2) is 9.23. The second-order valence-electron chi connectivity index (χ2n) is 5.69. The molecule has 0 radical (unpaired) electrons. The summed E-state index contributed by atoms with van der Waals surface area (Å²) in [4.78, 5) is 24.1. The summed E-state index contributed by atoms with van der Waals surface area (Å²) >= 11 is 5.81. The molecule has 144 valence electrons. The van der Waals surface area contributed by atoms with Crippen LogP contribution in [0.1, 0.15) is 12.5 Å². The average molecular weight is 396 g/mol. The quantitative estimate of drug-likeness (QED) is 0.723. The number of ether oxygens (including phenoxy) is 3. The maximum absolute atomic E-state index is 13.0. The molecule has 0 aromatic heterocycles. The maximum atomic E-state index is 13.0. The zero-order valence-corrected chi connectivity index (χ0v) is 15.8. The molecule has 0 saturated carbocycles. The van der Waals surface area contributed by atoms with Crippen molar-refractivity contribution in [3.8, 4) is 11.5 Å². The van der Waals surface area contributed by atoms with Crippen LogP contribution in [0.3, 0.4) is 0 Å². The summed E-state index contributed by atoms with van der Waals surface area (Å²) in [5, 5.41) is 2.68. The number of halogens is 2. The maximum Gasteiger partial charge on any atom is 0.344 e. The van der Waals surface area contributed by atoms with Gasteiger partial charge in [-0.2, -0.15) is 0 Å². The van der Waals surface area contributed by atoms with E-state index in [-0.39, 0.29) is 10.8 Å². The number of hydrogen-bond donors (Lipinski definition) is 1. The van der Waals surface area contributed by atoms with Crippen LogP contribution >= 0.6 is 11.6 Å². The summed E-state index contributed by atoms with van der Waals surface area (Å²) in [6.45, 7) is 2.83. The molecule has 0 bridgehead atoms. The lowest BCUT2D eigenvalue weighted by Gasteiger charge is -2.16. The topological polar surface area (TPSA) is 73.9 Å². The van der Waals surface area contributed by atoms with E-state index in [1.165, 1.54) is 20.1 Å². The predicted octanol–water partition coefficient (Wildman–Crippen LogP) is 3.75. The van der Waals surface area contributed by atoms with Gasteiger partial charge in [0.05, 0.1) is 17.8 Å². The molecule has 1 amide bonds. The third-order valence-corrected chi connectivity index (χ3v) is 3.83. The largest absolute Gasteiger partial charge is 0.495 e. The van der Waals surface area contributed by atoms with Gasteiger partial charge in [0.1, 0.15) is 17.3 Å². The predicted molar refractivity (Wildman–Crippen MR) is 98.8 cm³/mol. The number of nitrogens with one attached hydrogen (secondary N) is 1. The van der Waals surface area contributed by atoms with Crippen molar-refractivity contribution in [3.05, 3.63) is 52.8 Å². The van der Waals surface area contributed by atoms with Crippen molar-refractivity contribution in [2.24, 2.45) is 0 Å². The second-order valence-corrected chi connectivity index (χ2v) is 6.10. The van der Waals surface area contributed by atoms with Gasteiger partial charge in [0, 0.05) is 0 Å². The number of carbonyl (C=O) groups is 2. The van der Waals surface area contributed by atoms with Crippen LogP contribution in [0.15, 0.2) is 36.4 Å². The zero-order valence-electron chi connectivity index (χ0n) is 15.0. The lowest BCUT2D eigenvalue weighted by molar-refractivity contribution is -0.155. The Morgan fingerprint density at radius 2 is 1.89 bits per heavy atom. The molecule has 2 aromatic rings. The molecular formula is C19H19ClFNO5. The number of hydrogen-bond acceptors (Lipinski definition) is 5. The first-order valence-corrected chi connectivity index (χ1v) is 8.40. The Balaban J connectivity index is 1.90. The van der Waals surface area contributed by atoms with Gasteiger partial charge < -0.3 is 19.5 Å². The fourth-order valence-electron chi connectivity index (χ4n) is 2.17. The first-order chi connectivity index (χ1) is 12.8. The van der Waals surface area contributed by atoms with E-state index in [1.54, 1.807) is 12.1 Å². The molecule has 2 rings (SSSR count). The molecule has 0 heterocycles. The molecule has 0 saturated heterocycles. The van der Waals surface area contributed by atoms with Crippen LogP contribution in [0.25, 0.3) is 0 Å². The molecule has 0 unspecified atom stereocenters. The third-order valence-electron chi connectivity index (χ3n) is 3.53. The van der Waals surface area contributed by atoms with Gasteiger partial charge in [-0.05, 0) is 49.7 Å². The van der Waals surface area contributed by atoms with E-state index >= 15 is 0 Å². The van der Waals surface area contributed by atoms with Crippen molar-refractivity contribution in [2.75, 3.05) is 19.0 Å². The molecule has 2 aromatic carbocycles. The first kappa shape index (κ1) is 20.5. The van der Waals surface area contributed by atoms with Gasteiger partial charge in [0.25, 0.3) is 5.91 Å². The minimum absolute atomic E-state index is 0.0279. The van der Waals surface area contributed by atoms with E-state index in [2.05, 4.69) is 5.32 Å². The molecule has 27 heavy (non-hydrogen) atoms. The van der Waals surface area contributed by atoms with E-state index in [9.17, 15) is 14.0 Å². The van der Waals surface area contributed by atoms with Gasteiger partial charge in [-0.25, -0.2) is 9.18 Å². The number of esters is 1. The summed E-state index contributed by atoms with van der Waals surface area (Å²) < 4.78 is 28.4. The van der Waals surface area contributed by atoms with E-state index in [1.807, 2.05) is 13.0 Å². The molecule has 1 atom stereocenters. The van der Waals surface area contributed by atoms with Crippen LogP contribution in [0.2, 0.25) is 5.02 Å². The molecule has 0 aliphatic heterocycles. The van der Waals surface area contributed by atoms with Crippen LogP contribution in [-0.2, 0) is 14.3 Å². The van der Waals surface area contributed by atoms with Crippen molar-refractivity contribution in [2.45, 2.75) is 20.0 Å². The summed E-state index contributed by atoms with van der Waals surface area (Å²) in [5.41, 5.74) is 1.40. The Morgan fingerprint density at radius 3 is 2.56 bits per heavy atom. The molecule has 8 heteroatoms. The summed E-state index contributed by atoms with van der Waals surface area (Å²) in [7, 11) is 1.49. The van der Waals surface area contributed by atoms with Crippen LogP contribution in [0.4, 0.5) is 10.1 Å². The van der Waals surface area contributed by atoms with Crippen LogP contribution in [0.5, 0.6) is 11.5 Å². The number of amides is 1. The number of carbonyl (C=O) groups excluding carboxylic acids is 2. The van der Waals surface area contributed by atoms with E-state index in [0.717, 1.165) is 17.7 Å². The van der Waals surface area contributed by atoms with Crippen LogP contribution in [0, 0.1) is 12.7 Å². The Morgan fingerprint density at radius 1 is 1.19 bits per heavy atom. The third kappa shape index (κ3) is 5.86. The summed E-state index contributed by atoms with van der Waals surface area (Å²) in [6, 6.07) is 8.82. The average Bonchev–Trinajstić information content (AvgIpc) is 2.61. The monoisotopic (exact) mass is 395 g/mol. The van der Waals surface area contributed by atoms with E-state index < -0.39 is 30.4 Å². The van der Waals surface area contributed by atoms with Crippen molar-refractivity contribution in [3.63, 3.8) is 0 Å². The van der Waals surface area contributed by atoms with Gasteiger partial charge in [-0.3, -0.25) is 4.79 Å². The minimum atomic E-state index is -1.06. The number of rotatable bonds is 7. The molecular weight excluding hydrogens is 377 g/mol. The Bertz CT molecular complexity index is 843. The fourth-order valence-corrected chi connectivity index (χ4v) is 2.39. The Labute approximate surface area is 161 Å². The number of aryl methyl sites for hydroxylation is 1. The molecule has 6 nitrogen and oxygen atoms in total. The molecule has 1 N–H and O–H groups in total. The fraction of sp³-hybridized carbons (Fsp3) is 0.263. The van der Waals surface area contributed by atoms with Gasteiger partial charge in [0.15, 0.2) is 12.7 Å². The van der Waals surface area contributed by atoms with Crippen LogP contribution < -0.4 is 14.8 Å². The van der Waals surface area contributed by atoms with E-state index in [0.29, 0.717) is 11.4 Å². The number of methoxy groups -OCH3 is 1. The highest BCUT2D eigenvalue weighted by molar-refractivity contribution is 6.32. The van der Waals surface area contributed by atoms with Gasteiger partial charge in [-0.1, -0.05) is 17.7 Å². The molecule has 0 spiro atoms. The highest BCUT2D eigenvalue weighted by atomic mass is 35.5. The highest BCUT2D eigenvalue weighted by Crippen LogP contribution is 2.26. The SMILES string of the molecule is COc1ccc(C)cc1NC(=O)[C@@H](C)OC(=O)COc1ccc(F)cc1Cl. The van der Waals surface area contributed by atoms with Gasteiger partial charge in [0.2, 0.25) is 0 Å². The van der Waals surface area contributed by atoms with Crippen molar-refractivity contribution in [1.29, 1.82) is 0 Å². The highest BCUT2D eigenvalue weighted by Gasteiger charge is 2.20. The molecule has 0 fully saturated rings. The Kier molecular flexibility index (Phi) is 7.01. The zero-order chi connectivity index (χ0) is 20.0. The van der Waals surface area contributed by atoms with Gasteiger partial charge in [-0.15, -0.1) is 0 Å².